The van der Waals surface area contributed by atoms with Crippen LogP contribution < -0.4 is 0 Å². The summed E-state index contributed by atoms with van der Waals surface area (Å²) < 4.78 is 24.2. The van der Waals surface area contributed by atoms with Crippen molar-refractivity contribution in [1.29, 1.82) is 0 Å². The molecule has 1 heterocycles. The zero-order valence-corrected chi connectivity index (χ0v) is 15.5. The summed E-state index contributed by atoms with van der Waals surface area (Å²) in [6.45, 7) is 5.24. The first kappa shape index (κ1) is 17.7. The fourth-order valence-electron chi connectivity index (χ4n) is 1.86. The lowest BCUT2D eigenvalue weighted by Gasteiger charge is -2.30. The number of thiophene rings is 1. The Morgan fingerprint density at radius 3 is 2.25 bits per heavy atom. The zero-order chi connectivity index (χ0) is 15.7. The standard InChI is InChI=1S/C13H20BrNO3S2/c1-8(11-6-7-12(14)19-11)13(16)15(4)9(2)10(3)20(5,17)18/h6-10H,1-5H3/t8-,9-,10-/m0/s1. The molecule has 0 N–H and O–H groups in total. The molecule has 0 saturated heterocycles. The number of carbonyl (C=O) groups excluding carboxylic acids is 1. The highest BCUT2D eigenvalue weighted by molar-refractivity contribution is 9.11. The second-order valence-corrected chi connectivity index (χ2v) is 9.99. The van der Waals surface area contributed by atoms with Gasteiger partial charge in [0.15, 0.2) is 9.84 Å². The van der Waals surface area contributed by atoms with Gasteiger partial charge in [-0.2, -0.15) is 0 Å². The molecule has 0 saturated carbocycles. The molecule has 0 aliphatic carbocycles. The first-order chi connectivity index (χ1) is 9.05. The molecule has 0 aliphatic heterocycles. The largest absolute Gasteiger partial charge is 0.341 e. The van der Waals surface area contributed by atoms with Gasteiger partial charge in [0.05, 0.1) is 15.0 Å². The zero-order valence-electron chi connectivity index (χ0n) is 12.3. The van der Waals surface area contributed by atoms with E-state index in [0.717, 1.165) is 8.66 Å². The van der Waals surface area contributed by atoms with Crippen LogP contribution in [0.15, 0.2) is 15.9 Å². The summed E-state index contributed by atoms with van der Waals surface area (Å²) in [5.74, 6) is -0.340. The number of likely N-dealkylation sites (N-methyl/N-ethyl adjacent to an activating group) is 1. The van der Waals surface area contributed by atoms with Gasteiger partial charge >= 0.3 is 0 Å². The van der Waals surface area contributed by atoms with E-state index in [4.69, 9.17) is 0 Å². The lowest BCUT2D eigenvalue weighted by molar-refractivity contribution is -0.132. The van der Waals surface area contributed by atoms with E-state index in [1.165, 1.54) is 22.5 Å². The van der Waals surface area contributed by atoms with E-state index in [1.807, 2.05) is 19.1 Å². The van der Waals surface area contributed by atoms with Crippen molar-refractivity contribution in [2.45, 2.75) is 38.0 Å². The van der Waals surface area contributed by atoms with Gasteiger partial charge in [0.2, 0.25) is 5.91 Å². The van der Waals surface area contributed by atoms with E-state index in [2.05, 4.69) is 15.9 Å². The molecule has 4 nitrogen and oxygen atoms in total. The number of sulfone groups is 1. The van der Waals surface area contributed by atoms with Crippen LogP contribution in [0.25, 0.3) is 0 Å². The Morgan fingerprint density at radius 1 is 1.30 bits per heavy atom. The monoisotopic (exact) mass is 381 g/mol. The maximum Gasteiger partial charge on any atom is 0.230 e. The van der Waals surface area contributed by atoms with Crippen LogP contribution in [0.5, 0.6) is 0 Å². The van der Waals surface area contributed by atoms with Crippen LogP contribution in [-0.2, 0) is 14.6 Å². The SMILES string of the molecule is C[C@H](C(=O)N(C)[C@@H](C)[C@H](C)S(C)(=O)=O)c1ccc(Br)s1. The van der Waals surface area contributed by atoms with Crippen LogP contribution in [0.1, 0.15) is 31.6 Å². The van der Waals surface area contributed by atoms with Crippen molar-refractivity contribution in [3.05, 3.63) is 20.8 Å². The van der Waals surface area contributed by atoms with Crippen LogP contribution in [0, 0.1) is 0 Å². The van der Waals surface area contributed by atoms with Crippen molar-refractivity contribution in [2.24, 2.45) is 0 Å². The Labute approximate surface area is 133 Å². The van der Waals surface area contributed by atoms with Crippen molar-refractivity contribution in [2.75, 3.05) is 13.3 Å². The van der Waals surface area contributed by atoms with E-state index in [-0.39, 0.29) is 17.9 Å². The van der Waals surface area contributed by atoms with E-state index >= 15 is 0 Å². The topological polar surface area (TPSA) is 54.5 Å². The van der Waals surface area contributed by atoms with E-state index in [9.17, 15) is 13.2 Å². The normalized spacial score (nSPS) is 16.5. The molecule has 7 heteroatoms. The number of carbonyl (C=O) groups is 1. The third-order valence-electron chi connectivity index (χ3n) is 3.70. The summed E-state index contributed by atoms with van der Waals surface area (Å²) in [5.41, 5.74) is 0. The molecule has 0 fully saturated rings. The van der Waals surface area contributed by atoms with E-state index in [1.54, 1.807) is 20.9 Å². The maximum absolute atomic E-state index is 12.4. The molecule has 0 radical (unpaired) electrons. The highest BCUT2D eigenvalue weighted by Gasteiger charge is 2.30. The van der Waals surface area contributed by atoms with Gasteiger partial charge < -0.3 is 4.90 Å². The molecule has 1 rings (SSSR count). The minimum absolute atomic E-state index is 0.0673. The smallest absolute Gasteiger partial charge is 0.230 e. The van der Waals surface area contributed by atoms with Gasteiger partial charge in [-0.3, -0.25) is 4.79 Å². The minimum Gasteiger partial charge on any atom is -0.341 e. The maximum atomic E-state index is 12.4. The van der Waals surface area contributed by atoms with Gasteiger partial charge in [-0.25, -0.2) is 8.42 Å². The van der Waals surface area contributed by atoms with Crippen LogP contribution in [0.2, 0.25) is 0 Å². The molecular weight excluding hydrogens is 362 g/mol. The predicted octanol–water partition coefficient (Wildman–Crippen LogP) is 2.89. The Morgan fingerprint density at radius 2 is 1.85 bits per heavy atom. The second kappa shape index (κ2) is 6.58. The highest BCUT2D eigenvalue weighted by Crippen LogP contribution is 2.30. The van der Waals surface area contributed by atoms with Gasteiger partial charge in [-0.05, 0) is 48.8 Å². The number of amides is 1. The van der Waals surface area contributed by atoms with Gasteiger partial charge in [0.1, 0.15) is 0 Å². The molecule has 114 valence electrons. The Hall–Kier alpha value is -0.400. The predicted molar refractivity (Wildman–Crippen MR) is 87.0 cm³/mol. The summed E-state index contributed by atoms with van der Waals surface area (Å²) in [5, 5.41) is -0.585. The van der Waals surface area contributed by atoms with Gasteiger partial charge in [-0.1, -0.05) is 0 Å². The van der Waals surface area contributed by atoms with Crippen LogP contribution in [0.4, 0.5) is 0 Å². The molecule has 0 aliphatic rings. The fraction of sp³-hybridized carbons (Fsp3) is 0.615. The quantitative estimate of drug-likeness (QED) is 0.787. The lowest BCUT2D eigenvalue weighted by atomic mass is 10.1. The van der Waals surface area contributed by atoms with E-state index < -0.39 is 15.1 Å². The number of hydrogen-bond donors (Lipinski definition) is 0. The number of rotatable bonds is 5. The first-order valence-corrected chi connectivity index (χ1v) is 9.83. The Bertz CT molecular complexity index is 582. The fourth-order valence-corrected chi connectivity index (χ4v) is 4.23. The highest BCUT2D eigenvalue weighted by atomic mass is 79.9. The van der Waals surface area contributed by atoms with Gasteiger partial charge in [-0.15, -0.1) is 11.3 Å². The summed E-state index contributed by atoms with van der Waals surface area (Å²) in [7, 11) is -1.51. The molecule has 20 heavy (non-hydrogen) atoms. The summed E-state index contributed by atoms with van der Waals surface area (Å²) in [6, 6.07) is 3.46. The van der Waals surface area contributed by atoms with Crippen molar-refractivity contribution < 1.29 is 13.2 Å². The summed E-state index contributed by atoms with van der Waals surface area (Å²) >= 11 is 4.90. The van der Waals surface area contributed by atoms with Crippen molar-refractivity contribution in [3.8, 4) is 0 Å². The first-order valence-electron chi connectivity index (χ1n) is 6.26. The third kappa shape index (κ3) is 4.05. The second-order valence-electron chi connectivity index (χ2n) is 5.09. The molecule has 1 aromatic rings. The number of nitrogens with zero attached hydrogens (tertiary/aromatic N) is 1. The van der Waals surface area contributed by atoms with Gasteiger partial charge in [0, 0.05) is 24.2 Å². The molecule has 3 atom stereocenters. The van der Waals surface area contributed by atoms with Crippen LogP contribution in [-0.4, -0.2) is 43.8 Å². The molecule has 1 aromatic heterocycles. The van der Waals surface area contributed by atoms with Crippen LogP contribution in [0.3, 0.4) is 0 Å². The summed E-state index contributed by atoms with van der Waals surface area (Å²) in [6.07, 6.45) is 1.20. The lowest BCUT2D eigenvalue weighted by Crippen LogP contribution is -2.45. The van der Waals surface area contributed by atoms with Crippen LogP contribution >= 0.6 is 27.3 Å². The molecule has 1 amide bonds. The van der Waals surface area contributed by atoms with E-state index in [0.29, 0.717) is 0 Å². The average molecular weight is 382 g/mol. The Balaban J connectivity index is 2.86. The molecule has 0 unspecified atom stereocenters. The van der Waals surface area contributed by atoms with Gasteiger partial charge in [0.25, 0.3) is 0 Å². The van der Waals surface area contributed by atoms with Crippen molar-refractivity contribution in [3.63, 3.8) is 0 Å². The number of hydrogen-bond acceptors (Lipinski definition) is 4. The van der Waals surface area contributed by atoms with Crippen molar-refractivity contribution in [1.82, 2.24) is 4.90 Å². The minimum atomic E-state index is -3.17. The third-order valence-corrected chi connectivity index (χ3v) is 7.26. The molecule has 0 spiro atoms. The number of halogens is 1. The Kier molecular flexibility index (Phi) is 5.80. The molecule has 0 aromatic carbocycles. The average Bonchev–Trinajstić information content (AvgIpc) is 2.79. The summed E-state index contributed by atoms with van der Waals surface area (Å²) in [4.78, 5) is 14.9. The molecular formula is C13H20BrNO3S2. The van der Waals surface area contributed by atoms with Crippen molar-refractivity contribution >= 4 is 43.0 Å². The molecule has 0 bridgehead atoms.